The lowest BCUT2D eigenvalue weighted by molar-refractivity contribution is 0.0277. The minimum Gasteiger partial charge on any atom is -0.444 e. The molecule has 0 bridgehead atoms. The maximum atomic E-state index is 11.8. The summed E-state index contributed by atoms with van der Waals surface area (Å²) in [4.78, 5) is 13.4. The van der Waals surface area contributed by atoms with E-state index in [0.29, 0.717) is 12.5 Å². The molecule has 0 rings (SSSR count). The van der Waals surface area contributed by atoms with Gasteiger partial charge in [-0.25, -0.2) is 4.79 Å². The highest BCUT2D eigenvalue weighted by atomic mass is 16.6. The van der Waals surface area contributed by atoms with Gasteiger partial charge in [-0.1, -0.05) is 20.8 Å². The highest BCUT2D eigenvalue weighted by molar-refractivity contribution is 5.67. The van der Waals surface area contributed by atoms with Crippen molar-refractivity contribution in [2.45, 2.75) is 53.6 Å². The average molecular weight is 272 g/mol. The van der Waals surface area contributed by atoms with Crippen molar-refractivity contribution in [3.63, 3.8) is 0 Å². The summed E-state index contributed by atoms with van der Waals surface area (Å²) in [7, 11) is 1.79. The molecule has 0 fully saturated rings. The van der Waals surface area contributed by atoms with Gasteiger partial charge >= 0.3 is 6.09 Å². The molecule has 0 aromatic heterocycles. The maximum Gasteiger partial charge on any atom is 0.410 e. The zero-order valence-electron chi connectivity index (χ0n) is 13.7. The van der Waals surface area contributed by atoms with Crippen molar-refractivity contribution in [1.82, 2.24) is 10.2 Å². The van der Waals surface area contributed by atoms with Crippen LogP contribution in [0.4, 0.5) is 4.79 Å². The van der Waals surface area contributed by atoms with Crippen molar-refractivity contribution in [2.75, 3.05) is 26.7 Å². The lowest BCUT2D eigenvalue weighted by Crippen LogP contribution is -2.38. The van der Waals surface area contributed by atoms with Crippen molar-refractivity contribution in [2.24, 2.45) is 11.8 Å². The minimum atomic E-state index is -0.426. The quantitative estimate of drug-likeness (QED) is 0.724. The fourth-order valence-electron chi connectivity index (χ4n) is 1.69. The summed E-state index contributed by atoms with van der Waals surface area (Å²) in [5.41, 5.74) is -0.426. The number of ether oxygens (including phenoxy) is 1. The second kappa shape index (κ2) is 8.41. The summed E-state index contributed by atoms with van der Waals surface area (Å²) in [6.07, 6.45) is 0.941. The minimum absolute atomic E-state index is 0.249. The standard InChI is InChI=1S/C15H32N2O2/c1-12(2)8-9-16-10-13(3)11-17(7)14(18)19-15(4,5)6/h12-13,16H,8-11H2,1-7H3. The fourth-order valence-corrected chi connectivity index (χ4v) is 1.69. The van der Waals surface area contributed by atoms with Crippen LogP contribution in [0.25, 0.3) is 0 Å². The highest BCUT2D eigenvalue weighted by Crippen LogP contribution is 2.10. The molecule has 114 valence electrons. The molecule has 0 saturated carbocycles. The predicted octanol–water partition coefficient (Wildman–Crippen LogP) is 3.13. The highest BCUT2D eigenvalue weighted by Gasteiger charge is 2.20. The van der Waals surface area contributed by atoms with E-state index in [1.54, 1.807) is 11.9 Å². The molecule has 1 N–H and O–H groups in total. The van der Waals surface area contributed by atoms with E-state index in [1.807, 2.05) is 20.8 Å². The first-order valence-electron chi connectivity index (χ1n) is 7.26. The summed E-state index contributed by atoms with van der Waals surface area (Å²) in [6.45, 7) is 14.9. The van der Waals surface area contributed by atoms with Gasteiger partial charge in [-0.3, -0.25) is 0 Å². The number of amides is 1. The normalized spacial score (nSPS) is 13.5. The average Bonchev–Trinajstić information content (AvgIpc) is 2.21. The van der Waals surface area contributed by atoms with Crippen molar-refractivity contribution < 1.29 is 9.53 Å². The second-order valence-corrected chi connectivity index (χ2v) is 6.85. The Kier molecular flexibility index (Phi) is 8.07. The number of nitrogens with one attached hydrogen (secondary N) is 1. The van der Waals surface area contributed by atoms with Crippen LogP contribution in [0.5, 0.6) is 0 Å². The first-order chi connectivity index (χ1) is 8.61. The third-order valence-corrected chi connectivity index (χ3v) is 2.68. The van der Waals surface area contributed by atoms with Crippen LogP contribution in [0.3, 0.4) is 0 Å². The summed E-state index contributed by atoms with van der Waals surface area (Å²) in [5.74, 6) is 1.15. The molecule has 1 unspecified atom stereocenters. The van der Waals surface area contributed by atoms with Gasteiger partial charge in [-0.15, -0.1) is 0 Å². The topological polar surface area (TPSA) is 41.6 Å². The maximum absolute atomic E-state index is 11.8. The molecule has 0 aliphatic rings. The van der Waals surface area contributed by atoms with Gasteiger partial charge in [0.2, 0.25) is 0 Å². The summed E-state index contributed by atoms with van der Waals surface area (Å²) in [5, 5.41) is 3.43. The van der Waals surface area contributed by atoms with Crippen molar-refractivity contribution in [3.8, 4) is 0 Å². The van der Waals surface area contributed by atoms with E-state index in [1.165, 1.54) is 6.42 Å². The molecule has 0 aromatic carbocycles. The second-order valence-electron chi connectivity index (χ2n) is 6.85. The van der Waals surface area contributed by atoms with Gasteiger partial charge in [0.05, 0.1) is 0 Å². The number of carbonyl (C=O) groups excluding carboxylic acids is 1. The molecule has 0 radical (unpaired) electrons. The van der Waals surface area contributed by atoms with E-state index < -0.39 is 5.60 Å². The molecule has 0 aromatic rings. The van der Waals surface area contributed by atoms with E-state index >= 15 is 0 Å². The number of nitrogens with zero attached hydrogens (tertiary/aromatic N) is 1. The Labute approximate surface area is 118 Å². The number of carbonyl (C=O) groups is 1. The monoisotopic (exact) mass is 272 g/mol. The number of hydrogen-bond acceptors (Lipinski definition) is 3. The van der Waals surface area contributed by atoms with Crippen LogP contribution in [-0.4, -0.2) is 43.3 Å². The van der Waals surface area contributed by atoms with Crippen LogP contribution < -0.4 is 5.32 Å². The molecule has 4 nitrogen and oxygen atoms in total. The Hall–Kier alpha value is -0.770. The Balaban J connectivity index is 3.85. The lowest BCUT2D eigenvalue weighted by Gasteiger charge is -2.26. The first-order valence-corrected chi connectivity index (χ1v) is 7.26. The van der Waals surface area contributed by atoms with E-state index in [4.69, 9.17) is 4.74 Å². The molecule has 0 heterocycles. The molecular formula is C15H32N2O2. The van der Waals surface area contributed by atoms with Gasteiger partial charge in [0.25, 0.3) is 0 Å². The van der Waals surface area contributed by atoms with Gasteiger partial charge in [0, 0.05) is 13.6 Å². The molecule has 19 heavy (non-hydrogen) atoms. The third kappa shape index (κ3) is 10.8. The largest absolute Gasteiger partial charge is 0.444 e. The molecule has 0 saturated heterocycles. The van der Waals surface area contributed by atoms with Crippen LogP contribution in [0.1, 0.15) is 48.0 Å². The van der Waals surface area contributed by atoms with Gasteiger partial charge < -0.3 is 15.0 Å². The van der Waals surface area contributed by atoms with Crippen LogP contribution in [-0.2, 0) is 4.74 Å². The van der Waals surface area contributed by atoms with Gasteiger partial charge in [-0.05, 0) is 52.1 Å². The number of rotatable bonds is 7. The molecule has 0 aliphatic carbocycles. The molecule has 4 heteroatoms. The third-order valence-electron chi connectivity index (χ3n) is 2.68. The molecule has 1 atom stereocenters. The Morgan fingerprint density at radius 2 is 1.84 bits per heavy atom. The summed E-state index contributed by atoms with van der Waals surface area (Å²) >= 11 is 0. The molecule has 0 aliphatic heterocycles. The van der Waals surface area contributed by atoms with Gasteiger partial charge in [-0.2, -0.15) is 0 Å². The van der Waals surface area contributed by atoms with E-state index in [0.717, 1.165) is 19.0 Å². The Morgan fingerprint density at radius 1 is 1.26 bits per heavy atom. The van der Waals surface area contributed by atoms with E-state index in [-0.39, 0.29) is 6.09 Å². The van der Waals surface area contributed by atoms with Gasteiger partial charge in [0.15, 0.2) is 0 Å². The van der Waals surface area contributed by atoms with Crippen molar-refractivity contribution in [1.29, 1.82) is 0 Å². The summed E-state index contributed by atoms with van der Waals surface area (Å²) < 4.78 is 5.32. The van der Waals surface area contributed by atoms with Crippen LogP contribution in [0.2, 0.25) is 0 Å². The molecular weight excluding hydrogens is 240 g/mol. The molecule has 1 amide bonds. The smallest absolute Gasteiger partial charge is 0.410 e. The lowest BCUT2D eigenvalue weighted by atomic mass is 10.1. The van der Waals surface area contributed by atoms with E-state index in [2.05, 4.69) is 26.1 Å². The van der Waals surface area contributed by atoms with Gasteiger partial charge in [0.1, 0.15) is 5.60 Å². The summed E-state index contributed by atoms with van der Waals surface area (Å²) in [6, 6.07) is 0. The SMILES string of the molecule is CC(C)CCNCC(C)CN(C)C(=O)OC(C)(C)C. The van der Waals surface area contributed by atoms with Crippen molar-refractivity contribution >= 4 is 6.09 Å². The first kappa shape index (κ1) is 18.2. The zero-order valence-corrected chi connectivity index (χ0v) is 13.7. The Morgan fingerprint density at radius 3 is 2.32 bits per heavy atom. The fraction of sp³-hybridized carbons (Fsp3) is 0.933. The zero-order chi connectivity index (χ0) is 15.1. The Bertz CT molecular complexity index is 259. The molecule has 0 spiro atoms. The predicted molar refractivity (Wildman–Crippen MR) is 80.4 cm³/mol. The van der Waals surface area contributed by atoms with Crippen LogP contribution in [0, 0.1) is 11.8 Å². The van der Waals surface area contributed by atoms with Crippen LogP contribution in [0.15, 0.2) is 0 Å². The van der Waals surface area contributed by atoms with Crippen LogP contribution >= 0.6 is 0 Å². The number of hydrogen-bond donors (Lipinski definition) is 1. The van der Waals surface area contributed by atoms with Crippen molar-refractivity contribution in [3.05, 3.63) is 0 Å². The van der Waals surface area contributed by atoms with E-state index in [9.17, 15) is 4.79 Å².